The zero-order valence-electron chi connectivity index (χ0n) is 11.0. The molecular weight excluding hydrogens is 236 g/mol. The first-order valence-electron chi connectivity index (χ1n) is 6.53. The van der Waals surface area contributed by atoms with Crippen LogP contribution in [0.2, 0.25) is 0 Å². The Morgan fingerprint density at radius 3 is 2.65 bits per heavy atom. The summed E-state index contributed by atoms with van der Waals surface area (Å²) in [6.07, 6.45) is 4.00. The Balaban J connectivity index is 1.84. The molecule has 2 aliphatic carbocycles. The van der Waals surface area contributed by atoms with Crippen LogP contribution in [0.15, 0.2) is 0 Å². The molecule has 2 fully saturated rings. The van der Waals surface area contributed by atoms with Crippen LogP contribution in [0.3, 0.4) is 0 Å². The molecule has 0 spiro atoms. The van der Waals surface area contributed by atoms with Crippen molar-refractivity contribution in [3.05, 3.63) is 0 Å². The van der Waals surface area contributed by atoms with E-state index in [4.69, 9.17) is 0 Å². The number of rotatable bonds is 5. The fourth-order valence-electron chi connectivity index (χ4n) is 3.84. The van der Waals surface area contributed by atoms with Gasteiger partial charge in [0, 0.05) is 12.6 Å². The monoisotopic (exact) mass is 260 g/mol. The van der Waals surface area contributed by atoms with Crippen molar-refractivity contribution in [1.82, 2.24) is 10.0 Å². The van der Waals surface area contributed by atoms with Crippen molar-refractivity contribution in [2.24, 2.45) is 17.3 Å². The van der Waals surface area contributed by atoms with Gasteiger partial charge < -0.3 is 5.32 Å². The van der Waals surface area contributed by atoms with E-state index in [1.807, 2.05) is 0 Å². The number of nitrogens with one attached hydrogen (secondary N) is 2. The van der Waals surface area contributed by atoms with Crippen molar-refractivity contribution in [3.63, 3.8) is 0 Å². The Labute approximate surface area is 105 Å². The van der Waals surface area contributed by atoms with Gasteiger partial charge in [-0.15, -0.1) is 0 Å². The minimum absolute atomic E-state index is 0.174. The second-order valence-electron chi connectivity index (χ2n) is 5.98. The Bertz CT molecular complexity index is 378. The zero-order chi connectivity index (χ0) is 12.7. The summed E-state index contributed by atoms with van der Waals surface area (Å²) in [5.74, 6) is 1.80. The van der Waals surface area contributed by atoms with Crippen LogP contribution < -0.4 is 10.0 Å². The highest BCUT2D eigenvalue weighted by Gasteiger charge is 2.57. The highest BCUT2D eigenvalue weighted by Crippen LogP contribution is 2.58. The minimum Gasteiger partial charge on any atom is -0.312 e. The molecule has 0 radical (unpaired) electrons. The molecule has 0 aliphatic heterocycles. The summed E-state index contributed by atoms with van der Waals surface area (Å²) in [7, 11) is -1.60. The highest BCUT2D eigenvalue weighted by atomic mass is 32.2. The van der Waals surface area contributed by atoms with Crippen LogP contribution in [0, 0.1) is 17.3 Å². The van der Waals surface area contributed by atoms with Crippen molar-refractivity contribution in [1.29, 1.82) is 0 Å². The van der Waals surface area contributed by atoms with Gasteiger partial charge in [0.2, 0.25) is 10.0 Å². The van der Waals surface area contributed by atoms with E-state index in [9.17, 15) is 8.42 Å². The maximum Gasteiger partial charge on any atom is 0.212 e. The summed E-state index contributed by atoms with van der Waals surface area (Å²) in [5, 5.41) is 3.45. The fraction of sp³-hybridized carbons (Fsp3) is 1.00. The van der Waals surface area contributed by atoms with Crippen molar-refractivity contribution in [3.8, 4) is 0 Å². The average Bonchev–Trinajstić information content (AvgIpc) is 2.71. The van der Waals surface area contributed by atoms with Gasteiger partial charge in [0.15, 0.2) is 0 Å². The lowest BCUT2D eigenvalue weighted by molar-refractivity contribution is -0.0394. The van der Waals surface area contributed by atoms with E-state index in [-0.39, 0.29) is 5.75 Å². The van der Waals surface area contributed by atoms with Gasteiger partial charge in [0.25, 0.3) is 0 Å². The SMILES string of the molecule is CNS(=O)(=O)CCNC1[C@@H]2CCC[C@@H]2C1(C)C. The van der Waals surface area contributed by atoms with E-state index < -0.39 is 10.0 Å². The van der Waals surface area contributed by atoms with E-state index in [1.165, 1.54) is 26.3 Å². The van der Waals surface area contributed by atoms with Gasteiger partial charge >= 0.3 is 0 Å². The van der Waals surface area contributed by atoms with Gasteiger partial charge in [-0.1, -0.05) is 20.3 Å². The van der Waals surface area contributed by atoms with Crippen LogP contribution in [0.25, 0.3) is 0 Å². The molecule has 4 nitrogen and oxygen atoms in total. The molecule has 0 aromatic carbocycles. The van der Waals surface area contributed by atoms with E-state index in [2.05, 4.69) is 23.9 Å². The predicted octanol–water partition coefficient (Wildman–Crippen LogP) is 0.950. The molecule has 0 amide bonds. The fourth-order valence-corrected chi connectivity index (χ4v) is 4.43. The number of fused-ring (bicyclic) bond motifs is 1. The molecule has 2 N–H and O–H groups in total. The Morgan fingerprint density at radius 2 is 2.00 bits per heavy atom. The summed E-state index contributed by atoms with van der Waals surface area (Å²) >= 11 is 0. The summed E-state index contributed by atoms with van der Waals surface area (Å²) in [6.45, 7) is 5.17. The Kier molecular flexibility index (Phi) is 3.54. The van der Waals surface area contributed by atoms with Crippen molar-refractivity contribution in [2.45, 2.75) is 39.2 Å². The standard InChI is InChI=1S/C12H24N2O2S/c1-12(2)10-6-4-5-9(10)11(12)14-7-8-17(15,16)13-3/h9-11,13-14H,4-8H2,1-3H3/t9-,10+,11?/m1/s1. The molecule has 3 atom stereocenters. The van der Waals surface area contributed by atoms with Gasteiger partial charge in [-0.2, -0.15) is 0 Å². The lowest BCUT2D eigenvalue weighted by Gasteiger charge is -2.56. The number of sulfonamides is 1. The largest absolute Gasteiger partial charge is 0.312 e. The van der Waals surface area contributed by atoms with Crippen LogP contribution >= 0.6 is 0 Å². The lowest BCUT2D eigenvalue weighted by Crippen LogP contribution is -2.62. The maximum atomic E-state index is 11.3. The van der Waals surface area contributed by atoms with Gasteiger partial charge in [0.05, 0.1) is 5.75 Å². The summed E-state index contributed by atoms with van der Waals surface area (Å²) in [5.41, 5.74) is 0.338. The quantitative estimate of drug-likeness (QED) is 0.774. The number of hydrogen-bond donors (Lipinski definition) is 2. The molecule has 0 heterocycles. The van der Waals surface area contributed by atoms with E-state index in [0.717, 1.165) is 11.8 Å². The van der Waals surface area contributed by atoms with Crippen LogP contribution in [-0.2, 0) is 10.0 Å². The topological polar surface area (TPSA) is 58.2 Å². The van der Waals surface area contributed by atoms with Crippen LogP contribution in [0.5, 0.6) is 0 Å². The molecule has 100 valence electrons. The lowest BCUT2D eigenvalue weighted by atomic mass is 9.53. The number of hydrogen-bond acceptors (Lipinski definition) is 3. The maximum absolute atomic E-state index is 11.3. The van der Waals surface area contributed by atoms with Gasteiger partial charge in [-0.3, -0.25) is 0 Å². The predicted molar refractivity (Wildman–Crippen MR) is 69.2 cm³/mol. The summed E-state index contributed by atoms with van der Waals surface area (Å²) in [6, 6.07) is 0.502. The molecule has 0 aromatic rings. The third kappa shape index (κ3) is 2.37. The first-order chi connectivity index (χ1) is 7.88. The second kappa shape index (κ2) is 4.52. The zero-order valence-corrected chi connectivity index (χ0v) is 11.8. The van der Waals surface area contributed by atoms with Crippen LogP contribution in [0.1, 0.15) is 33.1 Å². The smallest absolute Gasteiger partial charge is 0.212 e. The second-order valence-corrected chi connectivity index (χ2v) is 8.02. The first kappa shape index (κ1) is 13.3. The Morgan fingerprint density at radius 1 is 1.29 bits per heavy atom. The summed E-state index contributed by atoms with van der Waals surface area (Å²) < 4.78 is 25.0. The van der Waals surface area contributed by atoms with Crippen molar-refractivity contribution in [2.75, 3.05) is 19.3 Å². The van der Waals surface area contributed by atoms with Gasteiger partial charge in [-0.25, -0.2) is 13.1 Å². The van der Waals surface area contributed by atoms with Crippen LogP contribution in [-0.4, -0.2) is 33.8 Å². The van der Waals surface area contributed by atoms with E-state index in [1.54, 1.807) is 0 Å². The molecule has 1 unspecified atom stereocenters. The normalized spacial score (nSPS) is 35.4. The van der Waals surface area contributed by atoms with Crippen molar-refractivity contribution < 1.29 is 8.42 Å². The van der Waals surface area contributed by atoms with E-state index >= 15 is 0 Å². The molecule has 0 aromatic heterocycles. The molecule has 17 heavy (non-hydrogen) atoms. The first-order valence-corrected chi connectivity index (χ1v) is 8.18. The molecule has 5 heteroatoms. The molecule has 2 saturated carbocycles. The molecular formula is C12H24N2O2S. The summed E-state index contributed by atoms with van der Waals surface area (Å²) in [4.78, 5) is 0. The average molecular weight is 260 g/mol. The molecule has 0 saturated heterocycles. The van der Waals surface area contributed by atoms with Gasteiger partial charge in [0.1, 0.15) is 0 Å². The van der Waals surface area contributed by atoms with Crippen LogP contribution in [0.4, 0.5) is 0 Å². The highest BCUT2D eigenvalue weighted by molar-refractivity contribution is 7.89. The molecule has 2 rings (SSSR count). The van der Waals surface area contributed by atoms with Crippen molar-refractivity contribution >= 4 is 10.0 Å². The third-order valence-electron chi connectivity index (χ3n) is 4.80. The molecule has 0 bridgehead atoms. The minimum atomic E-state index is -3.07. The third-order valence-corrected chi connectivity index (χ3v) is 6.16. The van der Waals surface area contributed by atoms with E-state index in [0.29, 0.717) is 18.0 Å². The van der Waals surface area contributed by atoms with Gasteiger partial charge in [-0.05, 0) is 37.1 Å². The Hall–Kier alpha value is -0.130. The molecule has 2 aliphatic rings.